The van der Waals surface area contributed by atoms with Gasteiger partial charge < -0.3 is 4.90 Å². The Kier molecular flexibility index (Phi) is 4.63. The van der Waals surface area contributed by atoms with Crippen molar-refractivity contribution in [1.82, 2.24) is 4.90 Å². The summed E-state index contributed by atoms with van der Waals surface area (Å²) < 4.78 is 0. The number of imide groups is 1. The maximum atomic E-state index is 13.8. The predicted molar refractivity (Wildman–Crippen MR) is 127 cm³/mol. The van der Waals surface area contributed by atoms with E-state index in [1.54, 1.807) is 24.3 Å². The zero-order chi connectivity index (χ0) is 24.3. The molecule has 0 radical (unpaired) electrons. The number of anilines is 1. The quantitative estimate of drug-likeness (QED) is 0.250. The maximum absolute atomic E-state index is 13.8. The molecule has 8 nitrogen and oxygen atoms in total. The van der Waals surface area contributed by atoms with E-state index in [-0.39, 0.29) is 17.2 Å². The van der Waals surface area contributed by atoms with Crippen LogP contribution in [0.1, 0.15) is 27.5 Å². The van der Waals surface area contributed by atoms with Crippen molar-refractivity contribution < 1.29 is 19.3 Å². The largest absolute Gasteiger partial charge is 0.358 e. The van der Waals surface area contributed by atoms with Gasteiger partial charge in [-0.15, -0.1) is 0 Å². The van der Waals surface area contributed by atoms with E-state index in [4.69, 9.17) is 0 Å². The number of carbonyl (C=O) groups is 3. The highest BCUT2D eigenvalue weighted by atomic mass is 16.6. The molecule has 8 heteroatoms. The molecular formula is C27H19N3O5. The van der Waals surface area contributed by atoms with Crippen LogP contribution >= 0.6 is 0 Å². The number of ketones is 1. The van der Waals surface area contributed by atoms with Crippen LogP contribution in [0.25, 0.3) is 6.08 Å². The summed E-state index contributed by atoms with van der Waals surface area (Å²) >= 11 is 0. The molecule has 2 amide bonds. The second-order valence-electron chi connectivity index (χ2n) is 8.85. The maximum Gasteiger partial charge on any atom is 0.269 e. The van der Waals surface area contributed by atoms with Crippen LogP contribution in [0.3, 0.4) is 0 Å². The van der Waals surface area contributed by atoms with Crippen LogP contribution in [0.15, 0.2) is 85.1 Å². The van der Waals surface area contributed by atoms with E-state index in [1.807, 2.05) is 47.5 Å². The van der Waals surface area contributed by atoms with Crippen molar-refractivity contribution in [3.8, 4) is 0 Å². The number of non-ortho nitro benzene ring substituents is 1. The van der Waals surface area contributed by atoms with Crippen LogP contribution in [0.4, 0.5) is 11.4 Å². The minimum Gasteiger partial charge on any atom is -0.358 e. The Morgan fingerprint density at radius 3 is 2.20 bits per heavy atom. The third-order valence-electron chi connectivity index (χ3n) is 7.11. The molecular weight excluding hydrogens is 446 g/mol. The molecule has 0 aromatic heterocycles. The van der Waals surface area contributed by atoms with Crippen molar-refractivity contribution in [2.24, 2.45) is 11.8 Å². The summed E-state index contributed by atoms with van der Waals surface area (Å²) in [6.45, 7) is 0. The van der Waals surface area contributed by atoms with Gasteiger partial charge in [0.25, 0.3) is 5.69 Å². The number of nitro benzene ring substituents is 1. The number of benzene rings is 3. The number of nitrogens with zero attached hydrogens (tertiary/aromatic N) is 3. The van der Waals surface area contributed by atoms with Gasteiger partial charge in [0.05, 0.1) is 28.5 Å². The number of nitro groups is 1. The lowest BCUT2D eigenvalue weighted by molar-refractivity contribution is -0.384. The monoisotopic (exact) mass is 465 g/mol. The van der Waals surface area contributed by atoms with E-state index in [9.17, 15) is 24.5 Å². The Morgan fingerprint density at radius 1 is 0.829 bits per heavy atom. The highest BCUT2D eigenvalue weighted by Gasteiger charge is 2.64. The molecule has 0 N–H and O–H groups in total. The zero-order valence-electron chi connectivity index (χ0n) is 18.4. The normalized spacial score (nSPS) is 24.2. The van der Waals surface area contributed by atoms with Crippen LogP contribution in [-0.2, 0) is 9.59 Å². The van der Waals surface area contributed by atoms with Crippen LogP contribution < -0.4 is 4.90 Å². The summed E-state index contributed by atoms with van der Waals surface area (Å²) in [5, 5.41) is 11.1. The lowest BCUT2D eigenvalue weighted by Gasteiger charge is -2.35. The van der Waals surface area contributed by atoms with E-state index >= 15 is 0 Å². The number of Topliss-reactive ketones (excluding diaryl/α,β-unsaturated/α-hetero) is 1. The molecule has 0 spiro atoms. The summed E-state index contributed by atoms with van der Waals surface area (Å²) in [6.07, 6.45) is 3.72. The fourth-order valence-corrected chi connectivity index (χ4v) is 5.61. The van der Waals surface area contributed by atoms with Gasteiger partial charge in [0, 0.05) is 23.9 Å². The molecule has 3 aliphatic heterocycles. The van der Waals surface area contributed by atoms with Gasteiger partial charge in [-0.05, 0) is 29.3 Å². The molecule has 3 aromatic carbocycles. The van der Waals surface area contributed by atoms with Crippen molar-refractivity contribution in [2.75, 3.05) is 4.90 Å². The molecule has 35 heavy (non-hydrogen) atoms. The third kappa shape index (κ3) is 3.03. The average molecular weight is 465 g/mol. The molecule has 4 atom stereocenters. The Bertz CT molecular complexity index is 1420. The highest BCUT2D eigenvalue weighted by molar-refractivity contribution is 6.24. The van der Waals surface area contributed by atoms with E-state index < -0.39 is 40.7 Å². The van der Waals surface area contributed by atoms with E-state index in [1.165, 1.54) is 24.3 Å². The van der Waals surface area contributed by atoms with Crippen LogP contribution in [0.2, 0.25) is 0 Å². The Balaban J connectivity index is 1.47. The SMILES string of the molecule is O=C(c1ccccc1)[C@@H]1[C@@H]2C(=O)N(c3ccc([N+](=O)[O-])cc3)C(=O)[C@@H]2[C@@H]2c3ccccc3C=CN12. The molecule has 172 valence electrons. The number of rotatable bonds is 4. The van der Waals surface area contributed by atoms with Gasteiger partial charge in [0.15, 0.2) is 5.78 Å². The summed E-state index contributed by atoms with van der Waals surface area (Å²) in [7, 11) is 0. The number of fused-ring (bicyclic) bond motifs is 5. The van der Waals surface area contributed by atoms with Gasteiger partial charge in [-0.2, -0.15) is 0 Å². The van der Waals surface area contributed by atoms with Crippen LogP contribution in [0.5, 0.6) is 0 Å². The van der Waals surface area contributed by atoms with Gasteiger partial charge in [-0.1, -0.05) is 54.6 Å². The van der Waals surface area contributed by atoms with Crippen molar-refractivity contribution in [3.63, 3.8) is 0 Å². The number of hydrogen-bond donors (Lipinski definition) is 0. The van der Waals surface area contributed by atoms with Crippen LogP contribution in [-0.4, -0.2) is 33.5 Å². The minimum atomic E-state index is -0.883. The Hall–Kier alpha value is -4.59. The van der Waals surface area contributed by atoms with Gasteiger partial charge in [0.1, 0.15) is 6.04 Å². The molecule has 0 unspecified atom stereocenters. The summed E-state index contributed by atoms with van der Waals surface area (Å²) in [5.41, 5.74) is 2.42. The Morgan fingerprint density at radius 2 is 1.49 bits per heavy atom. The minimum absolute atomic E-state index is 0.136. The van der Waals surface area contributed by atoms with Gasteiger partial charge in [-0.3, -0.25) is 24.5 Å². The van der Waals surface area contributed by atoms with Crippen LogP contribution in [0, 0.1) is 22.0 Å². The standard InChI is InChI=1S/C27H19N3O5/c31-25(17-7-2-1-3-8-17)24-22-21(23-20-9-5-4-6-16(20)14-15-28(23)24)26(32)29(27(22)33)18-10-12-19(13-11-18)30(34)35/h1-15,21-24H/t21-,22+,23-,24-/m0/s1. The fraction of sp³-hybridized carbons (Fsp3) is 0.148. The first-order valence-electron chi connectivity index (χ1n) is 11.2. The predicted octanol–water partition coefficient (Wildman–Crippen LogP) is 3.99. The lowest BCUT2D eigenvalue weighted by atomic mass is 9.83. The smallest absolute Gasteiger partial charge is 0.269 e. The van der Waals surface area contributed by atoms with Gasteiger partial charge in [-0.25, -0.2) is 4.90 Å². The van der Waals surface area contributed by atoms with Gasteiger partial charge >= 0.3 is 0 Å². The molecule has 3 aromatic rings. The van der Waals surface area contributed by atoms with Gasteiger partial charge in [0.2, 0.25) is 11.8 Å². The molecule has 3 heterocycles. The summed E-state index contributed by atoms with van der Waals surface area (Å²) in [5.74, 6) is -2.74. The second kappa shape index (κ2) is 7.73. The van der Waals surface area contributed by atoms with E-state index in [2.05, 4.69) is 0 Å². The molecule has 0 bridgehead atoms. The second-order valence-corrected chi connectivity index (χ2v) is 8.85. The molecule has 2 saturated heterocycles. The van der Waals surface area contributed by atoms with Crippen molar-refractivity contribution >= 4 is 35.0 Å². The topological polar surface area (TPSA) is 101 Å². The lowest BCUT2D eigenvalue weighted by Crippen LogP contribution is -2.44. The molecule has 0 saturated carbocycles. The molecule has 2 fully saturated rings. The number of amides is 2. The number of carbonyl (C=O) groups excluding carboxylic acids is 3. The Labute approximate surface area is 200 Å². The zero-order valence-corrected chi connectivity index (χ0v) is 18.4. The van der Waals surface area contributed by atoms with Crippen molar-refractivity contribution in [2.45, 2.75) is 12.1 Å². The molecule has 3 aliphatic rings. The number of hydrogen-bond acceptors (Lipinski definition) is 6. The first kappa shape index (κ1) is 21.0. The van der Waals surface area contributed by atoms with E-state index in [0.717, 1.165) is 16.0 Å². The van der Waals surface area contributed by atoms with Crippen molar-refractivity contribution in [1.29, 1.82) is 0 Å². The van der Waals surface area contributed by atoms with Crippen molar-refractivity contribution in [3.05, 3.63) is 112 Å². The summed E-state index contributed by atoms with van der Waals surface area (Å²) in [6, 6.07) is 20.4. The van der Waals surface area contributed by atoms with E-state index in [0.29, 0.717) is 5.56 Å². The molecule has 6 rings (SSSR count). The summed E-state index contributed by atoms with van der Waals surface area (Å²) in [4.78, 5) is 54.8. The highest BCUT2D eigenvalue weighted by Crippen LogP contribution is 2.53. The average Bonchev–Trinajstić information content (AvgIpc) is 3.36. The molecule has 0 aliphatic carbocycles. The first-order valence-corrected chi connectivity index (χ1v) is 11.2. The third-order valence-corrected chi connectivity index (χ3v) is 7.11. The fourth-order valence-electron chi connectivity index (χ4n) is 5.61. The first-order chi connectivity index (χ1) is 17.0.